The molecule has 0 bridgehead atoms. The third-order valence-electron chi connectivity index (χ3n) is 4.64. The smallest absolute Gasteiger partial charge is 0.363 e. The standard InChI is InChI=1S/C24H16Cl2FNO4/c1-30-22-10-7-15(25)12-17(22)23-28-21(24(29)32-23)11-14-5-8-16(9-6-14)31-13-18-19(26)3-2-4-20(18)27/h2-12H,13H2,1H3/b21-11-. The van der Waals surface area contributed by atoms with Gasteiger partial charge in [0.05, 0.1) is 17.7 Å². The maximum atomic E-state index is 13.9. The van der Waals surface area contributed by atoms with E-state index < -0.39 is 11.8 Å². The van der Waals surface area contributed by atoms with E-state index in [1.165, 1.54) is 19.2 Å². The minimum Gasteiger partial charge on any atom is -0.496 e. The molecule has 5 nitrogen and oxygen atoms in total. The second-order valence-electron chi connectivity index (χ2n) is 6.74. The molecular weight excluding hydrogens is 456 g/mol. The van der Waals surface area contributed by atoms with Crippen molar-refractivity contribution in [2.45, 2.75) is 6.61 Å². The summed E-state index contributed by atoms with van der Waals surface area (Å²) in [6, 6.07) is 16.3. The molecule has 1 aliphatic heterocycles. The van der Waals surface area contributed by atoms with E-state index in [1.807, 2.05) is 0 Å². The van der Waals surface area contributed by atoms with Gasteiger partial charge >= 0.3 is 5.97 Å². The zero-order valence-electron chi connectivity index (χ0n) is 16.8. The third-order valence-corrected chi connectivity index (χ3v) is 5.23. The average Bonchev–Trinajstić information content (AvgIpc) is 3.14. The molecule has 0 radical (unpaired) electrons. The van der Waals surface area contributed by atoms with Gasteiger partial charge in [0.2, 0.25) is 5.90 Å². The van der Waals surface area contributed by atoms with Crippen LogP contribution >= 0.6 is 23.2 Å². The highest BCUT2D eigenvalue weighted by Gasteiger charge is 2.26. The molecule has 0 spiro atoms. The van der Waals surface area contributed by atoms with Crippen molar-refractivity contribution in [3.63, 3.8) is 0 Å². The average molecular weight is 472 g/mol. The molecule has 1 aliphatic rings. The predicted octanol–water partition coefficient (Wildman–Crippen LogP) is 6.06. The van der Waals surface area contributed by atoms with E-state index in [0.717, 1.165) is 0 Å². The normalized spacial score (nSPS) is 14.3. The topological polar surface area (TPSA) is 57.1 Å². The van der Waals surface area contributed by atoms with Crippen molar-refractivity contribution >= 4 is 41.1 Å². The number of rotatable bonds is 6. The van der Waals surface area contributed by atoms with Crippen molar-refractivity contribution in [3.05, 3.63) is 98.9 Å². The summed E-state index contributed by atoms with van der Waals surface area (Å²) in [5, 5.41) is 0.764. The van der Waals surface area contributed by atoms with Gasteiger partial charge in [-0.05, 0) is 54.1 Å². The van der Waals surface area contributed by atoms with Gasteiger partial charge in [-0.1, -0.05) is 41.4 Å². The summed E-state index contributed by atoms with van der Waals surface area (Å²) < 4.78 is 30.1. The summed E-state index contributed by atoms with van der Waals surface area (Å²) in [5.74, 6) is 0.106. The number of carbonyl (C=O) groups is 1. The minimum atomic E-state index is -0.587. The van der Waals surface area contributed by atoms with Crippen molar-refractivity contribution in [1.29, 1.82) is 0 Å². The zero-order valence-corrected chi connectivity index (χ0v) is 18.3. The molecule has 0 fully saturated rings. The molecule has 0 aromatic heterocycles. The van der Waals surface area contributed by atoms with Crippen LogP contribution in [0.4, 0.5) is 4.39 Å². The van der Waals surface area contributed by atoms with E-state index in [1.54, 1.807) is 54.6 Å². The Labute approximate surface area is 193 Å². The van der Waals surface area contributed by atoms with Crippen LogP contribution < -0.4 is 9.47 Å². The number of cyclic esters (lactones) is 1. The molecule has 0 N–H and O–H groups in total. The highest BCUT2D eigenvalue weighted by atomic mass is 35.5. The van der Waals surface area contributed by atoms with Crippen LogP contribution in [0.15, 0.2) is 71.4 Å². The van der Waals surface area contributed by atoms with E-state index >= 15 is 0 Å². The van der Waals surface area contributed by atoms with Gasteiger partial charge in [-0.2, -0.15) is 0 Å². The number of ether oxygens (including phenoxy) is 3. The Hall–Kier alpha value is -3.35. The van der Waals surface area contributed by atoms with E-state index in [0.29, 0.717) is 32.7 Å². The highest BCUT2D eigenvalue weighted by molar-refractivity contribution is 6.31. The number of hydrogen-bond donors (Lipinski definition) is 0. The van der Waals surface area contributed by atoms with E-state index in [2.05, 4.69) is 4.99 Å². The second-order valence-corrected chi connectivity index (χ2v) is 7.58. The first-order valence-corrected chi connectivity index (χ1v) is 10.2. The molecule has 0 unspecified atom stereocenters. The number of nitrogens with zero attached hydrogens (tertiary/aromatic N) is 1. The number of aliphatic imine (C=N–C) groups is 1. The minimum absolute atomic E-state index is 0.00656. The Morgan fingerprint density at radius 3 is 2.59 bits per heavy atom. The molecule has 8 heteroatoms. The van der Waals surface area contributed by atoms with Crippen LogP contribution in [0, 0.1) is 5.82 Å². The molecule has 4 rings (SSSR count). The van der Waals surface area contributed by atoms with E-state index in [-0.39, 0.29) is 23.8 Å². The fourth-order valence-electron chi connectivity index (χ4n) is 3.02. The molecular formula is C24H16Cl2FNO4. The molecule has 0 amide bonds. The van der Waals surface area contributed by atoms with Gasteiger partial charge in [0.25, 0.3) is 0 Å². The van der Waals surface area contributed by atoms with Crippen molar-refractivity contribution in [1.82, 2.24) is 0 Å². The number of hydrogen-bond acceptors (Lipinski definition) is 5. The summed E-state index contributed by atoms with van der Waals surface area (Å²) in [6.07, 6.45) is 1.59. The zero-order chi connectivity index (χ0) is 22.7. The summed E-state index contributed by atoms with van der Waals surface area (Å²) in [5.41, 5.74) is 1.60. The summed E-state index contributed by atoms with van der Waals surface area (Å²) in [4.78, 5) is 16.6. The molecule has 0 saturated heterocycles. The Bertz CT molecular complexity index is 1220. The second kappa shape index (κ2) is 9.42. The van der Waals surface area contributed by atoms with Gasteiger partial charge in [-0.25, -0.2) is 14.2 Å². The lowest BCUT2D eigenvalue weighted by Gasteiger charge is -2.09. The number of carbonyl (C=O) groups excluding carboxylic acids is 1. The largest absolute Gasteiger partial charge is 0.496 e. The van der Waals surface area contributed by atoms with Crippen LogP contribution in [-0.2, 0) is 16.1 Å². The van der Waals surface area contributed by atoms with Crippen LogP contribution in [0.25, 0.3) is 6.08 Å². The van der Waals surface area contributed by atoms with Crippen LogP contribution in [-0.4, -0.2) is 19.0 Å². The van der Waals surface area contributed by atoms with Crippen molar-refractivity contribution < 1.29 is 23.4 Å². The fraction of sp³-hybridized carbons (Fsp3) is 0.0833. The number of esters is 1. The molecule has 0 saturated carbocycles. The van der Waals surface area contributed by atoms with Crippen molar-refractivity contribution in [2.24, 2.45) is 4.99 Å². The van der Waals surface area contributed by atoms with Crippen LogP contribution in [0.3, 0.4) is 0 Å². The number of methoxy groups -OCH3 is 1. The molecule has 162 valence electrons. The molecule has 0 aliphatic carbocycles. The van der Waals surface area contributed by atoms with Gasteiger partial charge in [0.15, 0.2) is 5.70 Å². The van der Waals surface area contributed by atoms with Crippen LogP contribution in [0.2, 0.25) is 10.0 Å². The summed E-state index contributed by atoms with van der Waals surface area (Å²) in [6.45, 7) is -0.00656. The van der Waals surface area contributed by atoms with Crippen molar-refractivity contribution in [2.75, 3.05) is 7.11 Å². The molecule has 1 heterocycles. The van der Waals surface area contributed by atoms with Gasteiger partial charge in [0.1, 0.15) is 23.9 Å². The van der Waals surface area contributed by atoms with Gasteiger partial charge in [0, 0.05) is 10.6 Å². The Balaban J connectivity index is 1.50. The fourth-order valence-corrected chi connectivity index (χ4v) is 3.41. The van der Waals surface area contributed by atoms with Gasteiger partial charge < -0.3 is 14.2 Å². The Kier molecular flexibility index (Phi) is 6.44. The predicted molar refractivity (Wildman–Crippen MR) is 121 cm³/mol. The first kappa shape index (κ1) is 21.9. The Morgan fingerprint density at radius 2 is 1.88 bits per heavy atom. The lowest BCUT2D eigenvalue weighted by Crippen LogP contribution is -2.07. The highest BCUT2D eigenvalue weighted by Crippen LogP contribution is 2.28. The van der Waals surface area contributed by atoms with Gasteiger partial charge in [-0.3, -0.25) is 0 Å². The third kappa shape index (κ3) is 4.77. The maximum absolute atomic E-state index is 13.9. The first-order chi connectivity index (χ1) is 15.4. The summed E-state index contributed by atoms with van der Waals surface area (Å²) >= 11 is 12.1. The number of benzene rings is 3. The van der Waals surface area contributed by atoms with Crippen molar-refractivity contribution in [3.8, 4) is 11.5 Å². The monoisotopic (exact) mass is 471 g/mol. The number of halogens is 3. The lowest BCUT2D eigenvalue weighted by molar-refractivity contribution is -0.129. The first-order valence-electron chi connectivity index (χ1n) is 9.47. The molecule has 3 aromatic rings. The van der Waals surface area contributed by atoms with Gasteiger partial charge in [-0.15, -0.1) is 0 Å². The van der Waals surface area contributed by atoms with Crippen LogP contribution in [0.5, 0.6) is 11.5 Å². The van der Waals surface area contributed by atoms with E-state index in [9.17, 15) is 9.18 Å². The SMILES string of the molecule is COc1ccc(Cl)cc1C1=N/C(=C\c2ccc(OCc3c(F)cccc3Cl)cc2)C(=O)O1. The van der Waals surface area contributed by atoms with E-state index in [4.69, 9.17) is 37.4 Å². The van der Waals surface area contributed by atoms with Crippen LogP contribution in [0.1, 0.15) is 16.7 Å². The molecule has 32 heavy (non-hydrogen) atoms. The quantitative estimate of drug-likeness (QED) is 0.323. The molecule has 0 atom stereocenters. The maximum Gasteiger partial charge on any atom is 0.363 e. The Morgan fingerprint density at radius 1 is 1.09 bits per heavy atom. The lowest BCUT2D eigenvalue weighted by atomic mass is 10.2. The molecule has 3 aromatic carbocycles. The summed E-state index contributed by atoms with van der Waals surface area (Å²) in [7, 11) is 1.50.